The van der Waals surface area contributed by atoms with Crippen molar-refractivity contribution in [2.75, 3.05) is 7.11 Å². The lowest BCUT2D eigenvalue weighted by molar-refractivity contribution is -0.152. The van der Waals surface area contributed by atoms with Gasteiger partial charge in [0.25, 0.3) is 0 Å². The first-order chi connectivity index (χ1) is 11.1. The van der Waals surface area contributed by atoms with E-state index in [2.05, 4.69) is 5.32 Å². The van der Waals surface area contributed by atoms with Crippen molar-refractivity contribution in [3.05, 3.63) is 11.6 Å². The minimum atomic E-state index is -0.744. The van der Waals surface area contributed by atoms with Crippen LogP contribution in [0.15, 0.2) is 11.6 Å². The summed E-state index contributed by atoms with van der Waals surface area (Å²) in [5, 5.41) is 2.64. The lowest BCUT2D eigenvalue weighted by Gasteiger charge is -2.30. The highest BCUT2D eigenvalue weighted by Gasteiger charge is 2.44. The van der Waals surface area contributed by atoms with Crippen LogP contribution in [-0.4, -0.2) is 53.7 Å². The monoisotopic (exact) mass is 338 g/mol. The molecular weight excluding hydrogens is 312 g/mol. The molecule has 0 aromatic carbocycles. The lowest BCUT2D eigenvalue weighted by atomic mass is 10.1. The largest absolute Gasteiger partial charge is 0.467 e. The maximum atomic E-state index is 12.9. The topological polar surface area (TPSA) is 84.9 Å². The van der Waals surface area contributed by atoms with Crippen molar-refractivity contribution in [3.8, 4) is 0 Å². The second-order valence-electron chi connectivity index (χ2n) is 7.35. The van der Waals surface area contributed by atoms with E-state index in [0.29, 0.717) is 19.3 Å². The van der Waals surface area contributed by atoms with Gasteiger partial charge in [0.15, 0.2) is 0 Å². The molecule has 2 heterocycles. The van der Waals surface area contributed by atoms with Gasteiger partial charge in [-0.2, -0.15) is 0 Å². The van der Waals surface area contributed by atoms with Crippen LogP contribution in [-0.2, 0) is 19.1 Å². The maximum absolute atomic E-state index is 12.9. The third kappa shape index (κ3) is 4.07. The summed E-state index contributed by atoms with van der Waals surface area (Å²) in [4.78, 5) is 38.5. The number of carbonyl (C=O) groups excluding carboxylic acids is 3. The molecule has 0 unspecified atom stereocenters. The standard InChI is InChI=1S/C17H26N2O5/c1-10-8-11-6-7-13(15(21)23-5)19(11)14(20)12(9-10)18-16(22)24-17(2,3)4/h8,11-13H,6-7,9H2,1-5H3,(H,18,22)/t11-,12+,13+/m1/s1. The smallest absolute Gasteiger partial charge is 0.408 e. The van der Waals surface area contributed by atoms with E-state index >= 15 is 0 Å². The van der Waals surface area contributed by atoms with Gasteiger partial charge >= 0.3 is 12.1 Å². The first-order valence-electron chi connectivity index (χ1n) is 8.19. The Kier molecular flexibility index (Phi) is 5.20. The molecule has 0 aromatic heterocycles. The molecule has 1 fully saturated rings. The van der Waals surface area contributed by atoms with E-state index in [0.717, 1.165) is 5.57 Å². The average molecular weight is 338 g/mol. The number of alkyl carbamates (subject to hydrolysis) is 1. The molecule has 1 saturated heterocycles. The highest BCUT2D eigenvalue weighted by Crippen LogP contribution is 2.31. The van der Waals surface area contributed by atoms with Crippen LogP contribution in [0.3, 0.4) is 0 Å². The van der Waals surface area contributed by atoms with Crippen LogP contribution in [0.25, 0.3) is 0 Å². The summed E-state index contributed by atoms with van der Waals surface area (Å²) in [6.07, 6.45) is 3.03. The van der Waals surface area contributed by atoms with Gasteiger partial charge in [0.05, 0.1) is 13.2 Å². The number of carbonyl (C=O) groups is 3. The van der Waals surface area contributed by atoms with Crippen molar-refractivity contribution in [2.45, 2.75) is 70.7 Å². The molecule has 134 valence electrons. The zero-order valence-corrected chi connectivity index (χ0v) is 14.9. The molecule has 24 heavy (non-hydrogen) atoms. The zero-order chi connectivity index (χ0) is 18.1. The molecule has 2 aliphatic rings. The summed E-state index contributed by atoms with van der Waals surface area (Å²) >= 11 is 0. The van der Waals surface area contributed by atoms with E-state index in [1.165, 1.54) is 7.11 Å². The second-order valence-corrected chi connectivity index (χ2v) is 7.35. The van der Waals surface area contributed by atoms with Gasteiger partial charge in [-0.05, 0) is 47.0 Å². The Hall–Kier alpha value is -2.05. The summed E-state index contributed by atoms with van der Waals surface area (Å²) in [7, 11) is 1.31. The first-order valence-corrected chi connectivity index (χ1v) is 8.19. The summed E-state index contributed by atoms with van der Waals surface area (Å²) in [6.45, 7) is 7.20. The Labute approximate surface area is 142 Å². The van der Waals surface area contributed by atoms with Crippen LogP contribution in [0.4, 0.5) is 4.79 Å². The van der Waals surface area contributed by atoms with Gasteiger partial charge in [0.1, 0.15) is 17.7 Å². The minimum Gasteiger partial charge on any atom is -0.467 e. The van der Waals surface area contributed by atoms with E-state index in [4.69, 9.17) is 9.47 Å². The number of methoxy groups -OCH3 is 1. The zero-order valence-electron chi connectivity index (χ0n) is 14.9. The predicted octanol–water partition coefficient (Wildman–Crippen LogP) is 1.76. The number of ether oxygens (including phenoxy) is 2. The number of rotatable bonds is 2. The summed E-state index contributed by atoms with van der Waals surface area (Å²) in [5.41, 5.74) is 0.357. The van der Waals surface area contributed by atoms with Crippen molar-refractivity contribution < 1.29 is 23.9 Å². The van der Waals surface area contributed by atoms with E-state index < -0.39 is 29.7 Å². The van der Waals surface area contributed by atoms with Crippen LogP contribution in [0.5, 0.6) is 0 Å². The maximum Gasteiger partial charge on any atom is 0.408 e. The van der Waals surface area contributed by atoms with Crippen LogP contribution >= 0.6 is 0 Å². The van der Waals surface area contributed by atoms with E-state index in [1.807, 2.05) is 13.0 Å². The fraction of sp³-hybridized carbons (Fsp3) is 0.706. The number of fused-ring (bicyclic) bond motifs is 1. The van der Waals surface area contributed by atoms with E-state index in [1.54, 1.807) is 25.7 Å². The Morgan fingerprint density at radius 1 is 1.29 bits per heavy atom. The van der Waals surface area contributed by atoms with E-state index in [-0.39, 0.29) is 11.9 Å². The molecule has 0 aliphatic carbocycles. The minimum absolute atomic E-state index is 0.132. The Bertz CT molecular complexity index is 564. The van der Waals surface area contributed by atoms with Gasteiger partial charge in [-0.1, -0.05) is 11.6 Å². The number of nitrogens with one attached hydrogen (secondary N) is 1. The number of esters is 1. The van der Waals surface area contributed by atoms with Crippen molar-refractivity contribution in [2.24, 2.45) is 0 Å². The quantitative estimate of drug-likeness (QED) is 0.612. The molecule has 0 radical (unpaired) electrons. The molecular formula is C17H26N2O5. The highest BCUT2D eigenvalue weighted by atomic mass is 16.6. The first kappa shape index (κ1) is 18.3. The SMILES string of the molecule is COC(=O)[C@@H]1CC[C@@H]2C=C(C)C[C@H](NC(=O)OC(C)(C)C)C(=O)N21. The van der Waals surface area contributed by atoms with Crippen LogP contribution in [0.2, 0.25) is 0 Å². The van der Waals surface area contributed by atoms with Crippen LogP contribution in [0.1, 0.15) is 47.0 Å². The second kappa shape index (κ2) is 6.83. The highest BCUT2D eigenvalue weighted by molar-refractivity contribution is 5.91. The third-order valence-electron chi connectivity index (χ3n) is 4.15. The van der Waals surface area contributed by atoms with Gasteiger partial charge < -0.3 is 19.7 Å². The van der Waals surface area contributed by atoms with Crippen molar-refractivity contribution in [3.63, 3.8) is 0 Å². The molecule has 0 saturated carbocycles. The fourth-order valence-corrected chi connectivity index (χ4v) is 3.23. The molecule has 2 rings (SSSR count). The van der Waals surface area contributed by atoms with Gasteiger partial charge in [-0.3, -0.25) is 4.79 Å². The normalized spacial score (nSPS) is 27.0. The van der Waals surface area contributed by atoms with Gasteiger partial charge in [-0.25, -0.2) is 9.59 Å². The Morgan fingerprint density at radius 2 is 1.96 bits per heavy atom. The number of nitrogens with zero attached hydrogens (tertiary/aromatic N) is 1. The van der Waals surface area contributed by atoms with Crippen molar-refractivity contribution in [1.29, 1.82) is 0 Å². The fourth-order valence-electron chi connectivity index (χ4n) is 3.23. The molecule has 1 N–H and O–H groups in total. The molecule has 0 aromatic rings. The molecule has 7 nitrogen and oxygen atoms in total. The number of hydrogen-bond acceptors (Lipinski definition) is 5. The Morgan fingerprint density at radius 3 is 2.54 bits per heavy atom. The van der Waals surface area contributed by atoms with Crippen molar-refractivity contribution >= 4 is 18.0 Å². The molecule has 0 spiro atoms. The average Bonchev–Trinajstić information content (AvgIpc) is 2.81. The predicted molar refractivity (Wildman–Crippen MR) is 87.2 cm³/mol. The van der Waals surface area contributed by atoms with Crippen LogP contribution in [0, 0.1) is 0 Å². The molecule has 3 atom stereocenters. The molecule has 7 heteroatoms. The summed E-state index contributed by atoms with van der Waals surface area (Å²) < 4.78 is 10.1. The number of hydrogen-bond donors (Lipinski definition) is 1. The third-order valence-corrected chi connectivity index (χ3v) is 4.15. The lowest BCUT2D eigenvalue weighted by Crippen LogP contribution is -2.53. The summed E-state index contributed by atoms with van der Waals surface area (Å²) in [5.74, 6) is -0.693. The molecule has 2 amide bonds. The van der Waals surface area contributed by atoms with Gasteiger partial charge in [-0.15, -0.1) is 0 Å². The Balaban J connectivity index is 2.19. The molecule has 0 bridgehead atoms. The van der Waals surface area contributed by atoms with Crippen molar-refractivity contribution in [1.82, 2.24) is 10.2 Å². The van der Waals surface area contributed by atoms with Gasteiger partial charge in [0.2, 0.25) is 5.91 Å². The number of amides is 2. The molecule has 2 aliphatic heterocycles. The van der Waals surface area contributed by atoms with Gasteiger partial charge in [0, 0.05) is 0 Å². The van der Waals surface area contributed by atoms with E-state index in [9.17, 15) is 14.4 Å². The summed E-state index contributed by atoms with van der Waals surface area (Å²) in [6, 6.07) is -1.48. The van der Waals surface area contributed by atoms with Crippen LogP contribution < -0.4 is 5.32 Å².